The smallest absolute Gasteiger partial charge is 0.410 e. The van der Waals surface area contributed by atoms with Crippen molar-refractivity contribution in [1.29, 1.82) is 0 Å². The van der Waals surface area contributed by atoms with Gasteiger partial charge in [-0.1, -0.05) is 13.8 Å². The summed E-state index contributed by atoms with van der Waals surface area (Å²) in [6.45, 7) is 16.2. The molecule has 0 aromatic rings. The van der Waals surface area contributed by atoms with E-state index in [-0.39, 0.29) is 11.6 Å². The number of nitrogens with two attached hydrogens (primary N) is 1. The topological polar surface area (TPSA) is 62.0 Å². The summed E-state index contributed by atoms with van der Waals surface area (Å²) in [5.41, 5.74) is 5.76. The summed E-state index contributed by atoms with van der Waals surface area (Å²) in [5.74, 6) is 0. The lowest BCUT2D eigenvalue weighted by Gasteiger charge is -2.50. The molecule has 6 heteroatoms. The van der Waals surface area contributed by atoms with Gasteiger partial charge < -0.3 is 20.3 Å². The fourth-order valence-corrected chi connectivity index (χ4v) is 3.36. The maximum absolute atomic E-state index is 12.2. The normalized spacial score (nSPS) is 22.5. The van der Waals surface area contributed by atoms with Crippen LogP contribution in [0.1, 0.15) is 47.5 Å². The Morgan fingerprint density at radius 1 is 1.04 bits per heavy atom. The Bertz CT molecular complexity index is 379. The largest absolute Gasteiger partial charge is 0.444 e. The van der Waals surface area contributed by atoms with Gasteiger partial charge in [0.1, 0.15) is 5.60 Å². The molecular weight excluding hydrogens is 304 g/mol. The third-order valence-corrected chi connectivity index (χ3v) is 4.90. The van der Waals surface area contributed by atoms with Crippen LogP contribution in [0.5, 0.6) is 0 Å². The molecule has 2 aliphatic heterocycles. The number of likely N-dealkylation sites (N-methyl/N-ethyl adjacent to an activating group) is 1. The van der Waals surface area contributed by atoms with Crippen LogP contribution in [-0.4, -0.2) is 84.8 Å². The van der Waals surface area contributed by atoms with Crippen LogP contribution in [-0.2, 0) is 4.74 Å². The van der Waals surface area contributed by atoms with Crippen LogP contribution >= 0.6 is 0 Å². The highest BCUT2D eigenvalue weighted by molar-refractivity contribution is 5.68. The lowest BCUT2D eigenvalue weighted by Crippen LogP contribution is -2.63. The van der Waals surface area contributed by atoms with E-state index in [0.29, 0.717) is 6.54 Å². The first-order valence-electron chi connectivity index (χ1n) is 9.37. The molecule has 2 N–H and O–H groups in total. The molecule has 2 fully saturated rings. The van der Waals surface area contributed by atoms with Crippen molar-refractivity contribution in [2.24, 2.45) is 5.73 Å². The fraction of sp³-hybridized carbons (Fsp3) is 0.944. The first-order valence-corrected chi connectivity index (χ1v) is 9.37. The van der Waals surface area contributed by atoms with E-state index in [1.165, 1.54) is 0 Å². The van der Waals surface area contributed by atoms with E-state index in [1.807, 2.05) is 39.5 Å². The van der Waals surface area contributed by atoms with Crippen molar-refractivity contribution in [3.05, 3.63) is 0 Å². The van der Waals surface area contributed by atoms with Gasteiger partial charge in [0.05, 0.1) is 0 Å². The number of hydrogen-bond acceptors (Lipinski definition) is 5. The molecule has 0 aromatic carbocycles. The highest BCUT2D eigenvalue weighted by Gasteiger charge is 2.41. The van der Waals surface area contributed by atoms with Gasteiger partial charge in [-0.25, -0.2) is 4.79 Å². The number of rotatable bonds is 2. The minimum Gasteiger partial charge on any atom is -0.444 e. The second-order valence-electron chi connectivity index (χ2n) is 7.69. The molecule has 0 bridgehead atoms. The molecule has 24 heavy (non-hydrogen) atoms. The maximum atomic E-state index is 12.2. The molecule has 1 amide bonds. The van der Waals surface area contributed by atoms with Gasteiger partial charge in [-0.05, 0) is 40.7 Å². The van der Waals surface area contributed by atoms with Crippen molar-refractivity contribution in [3.63, 3.8) is 0 Å². The maximum Gasteiger partial charge on any atom is 0.410 e. The van der Waals surface area contributed by atoms with E-state index in [0.717, 1.165) is 52.1 Å². The van der Waals surface area contributed by atoms with Crippen LogP contribution in [0.4, 0.5) is 4.79 Å². The highest BCUT2D eigenvalue weighted by Crippen LogP contribution is 2.29. The molecule has 0 spiro atoms. The Kier molecular flexibility index (Phi) is 7.96. The molecule has 2 rings (SSSR count). The van der Waals surface area contributed by atoms with Crippen LogP contribution in [0.2, 0.25) is 0 Å². The number of amides is 1. The van der Waals surface area contributed by atoms with E-state index in [4.69, 9.17) is 10.5 Å². The van der Waals surface area contributed by atoms with Crippen LogP contribution in [0.25, 0.3) is 0 Å². The van der Waals surface area contributed by atoms with Gasteiger partial charge in [0, 0.05) is 51.4 Å². The van der Waals surface area contributed by atoms with E-state index in [1.54, 1.807) is 0 Å². The van der Waals surface area contributed by atoms with Crippen LogP contribution in [0.3, 0.4) is 0 Å². The average molecular weight is 343 g/mol. The number of hydrogen-bond donors (Lipinski definition) is 1. The monoisotopic (exact) mass is 342 g/mol. The Balaban J connectivity index is 0.00000139. The number of ether oxygens (including phenoxy) is 1. The summed E-state index contributed by atoms with van der Waals surface area (Å²) in [7, 11) is 2.16. The predicted molar refractivity (Wildman–Crippen MR) is 99.2 cm³/mol. The van der Waals surface area contributed by atoms with Gasteiger partial charge >= 0.3 is 6.09 Å². The zero-order valence-corrected chi connectivity index (χ0v) is 16.6. The molecule has 6 nitrogen and oxygen atoms in total. The summed E-state index contributed by atoms with van der Waals surface area (Å²) in [6.07, 6.45) is 1.68. The lowest BCUT2D eigenvalue weighted by molar-refractivity contribution is -0.0167. The zero-order valence-electron chi connectivity index (χ0n) is 16.6. The molecule has 0 saturated carbocycles. The van der Waals surface area contributed by atoms with E-state index in [9.17, 15) is 4.79 Å². The summed E-state index contributed by atoms with van der Waals surface area (Å²) < 4.78 is 5.47. The standard InChI is InChI=1S/C16H32N4O2.C2H6/c1-15(2,3)22-14(21)19-7-5-16(13-17,6-8-19)20-11-9-18(4)10-12-20;1-2/h5-13,17H2,1-4H3;1-2H3. The molecule has 2 saturated heterocycles. The van der Waals surface area contributed by atoms with Crippen LogP contribution < -0.4 is 5.73 Å². The van der Waals surface area contributed by atoms with Gasteiger partial charge in [0.25, 0.3) is 0 Å². The second kappa shape index (κ2) is 9.02. The van der Waals surface area contributed by atoms with Gasteiger partial charge in [0.2, 0.25) is 0 Å². The van der Waals surface area contributed by atoms with Gasteiger partial charge in [-0.3, -0.25) is 4.90 Å². The molecule has 0 aliphatic carbocycles. The van der Waals surface area contributed by atoms with E-state index >= 15 is 0 Å². The average Bonchev–Trinajstić information content (AvgIpc) is 2.56. The van der Waals surface area contributed by atoms with Gasteiger partial charge in [0.15, 0.2) is 0 Å². The first-order chi connectivity index (χ1) is 11.3. The third-order valence-electron chi connectivity index (χ3n) is 4.90. The Labute approximate surface area is 148 Å². The van der Waals surface area contributed by atoms with Crippen molar-refractivity contribution >= 4 is 6.09 Å². The molecule has 0 atom stereocenters. The van der Waals surface area contributed by atoms with Gasteiger partial charge in [-0.15, -0.1) is 0 Å². The summed E-state index contributed by atoms with van der Waals surface area (Å²) in [4.78, 5) is 18.9. The number of piperazine rings is 1. The predicted octanol–water partition coefficient (Wildman–Crippen LogP) is 1.99. The van der Waals surface area contributed by atoms with Crippen molar-refractivity contribution in [2.45, 2.75) is 58.6 Å². The minimum absolute atomic E-state index is 0.0553. The van der Waals surface area contributed by atoms with E-state index in [2.05, 4.69) is 16.8 Å². The number of carbonyl (C=O) groups excluding carboxylic acids is 1. The molecular formula is C18H38N4O2. The second-order valence-corrected chi connectivity index (χ2v) is 7.69. The highest BCUT2D eigenvalue weighted by atomic mass is 16.6. The van der Waals surface area contributed by atoms with Gasteiger partial charge in [-0.2, -0.15) is 0 Å². The zero-order chi connectivity index (χ0) is 18.4. The number of piperidine rings is 1. The lowest BCUT2D eigenvalue weighted by atomic mass is 9.85. The molecule has 2 heterocycles. The summed E-state index contributed by atoms with van der Waals surface area (Å²) in [5, 5.41) is 0. The number of nitrogens with zero attached hydrogens (tertiary/aromatic N) is 3. The Morgan fingerprint density at radius 3 is 1.96 bits per heavy atom. The Hall–Kier alpha value is -0.850. The molecule has 0 aromatic heterocycles. The quantitative estimate of drug-likeness (QED) is 0.831. The van der Waals surface area contributed by atoms with Crippen molar-refractivity contribution in [3.8, 4) is 0 Å². The van der Waals surface area contributed by atoms with Crippen LogP contribution in [0.15, 0.2) is 0 Å². The Morgan fingerprint density at radius 2 is 1.54 bits per heavy atom. The van der Waals surface area contributed by atoms with Crippen molar-refractivity contribution in [1.82, 2.24) is 14.7 Å². The molecule has 2 aliphatic rings. The summed E-state index contributed by atoms with van der Waals surface area (Å²) in [6, 6.07) is 0. The SMILES string of the molecule is CC.CN1CCN(C2(CN)CCN(C(=O)OC(C)(C)C)CC2)CC1. The number of carbonyl (C=O) groups is 1. The van der Waals surface area contributed by atoms with Crippen molar-refractivity contribution in [2.75, 3.05) is 52.9 Å². The first kappa shape index (κ1) is 21.2. The van der Waals surface area contributed by atoms with Crippen LogP contribution in [0, 0.1) is 0 Å². The molecule has 0 unspecified atom stereocenters. The van der Waals surface area contributed by atoms with E-state index < -0.39 is 5.60 Å². The minimum atomic E-state index is -0.434. The number of likely N-dealkylation sites (tertiary alicyclic amines) is 1. The molecule has 142 valence electrons. The van der Waals surface area contributed by atoms with Crippen molar-refractivity contribution < 1.29 is 9.53 Å². The summed E-state index contributed by atoms with van der Waals surface area (Å²) >= 11 is 0. The third kappa shape index (κ3) is 5.60. The molecule has 0 radical (unpaired) electrons. The fourth-order valence-electron chi connectivity index (χ4n) is 3.36.